The van der Waals surface area contributed by atoms with Gasteiger partial charge in [0.15, 0.2) is 0 Å². The molecular weight excluding hydrogens is 362 g/mol. The first-order valence-electron chi connectivity index (χ1n) is 10.2. The molecule has 1 aromatic rings. The lowest BCUT2D eigenvalue weighted by Gasteiger charge is -2.40. The maximum absolute atomic E-state index is 13.0. The fourth-order valence-corrected chi connectivity index (χ4v) is 4.87. The second-order valence-corrected chi connectivity index (χ2v) is 8.40. The zero-order chi connectivity index (χ0) is 18.8. The molecule has 2 amide bonds. The molecule has 4 rings (SSSR count). The first kappa shape index (κ1) is 18.8. The summed E-state index contributed by atoms with van der Waals surface area (Å²) >= 11 is 5.94. The van der Waals surface area contributed by atoms with Gasteiger partial charge in [-0.25, -0.2) is 0 Å². The maximum atomic E-state index is 13.0. The number of likely N-dealkylation sites (tertiary alicyclic amines) is 2. The minimum absolute atomic E-state index is 0.0218. The van der Waals surface area contributed by atoms with Gasteiger partial charge in [0.05, 0.1) is 0 Å². The standard InChI is InChI=1S/C21H28ClN3O2/c22-16-4-6-18(7-5-16)25-15-10-19(21(25)27)20(26)24-13-8-17(9-14-24)23-11-2-1-3-12-23/h4-7,17,19H,1-3,8-15H2/t19-/m0/s1. The number of piperidine rings is 2. The predicted molar refractivity (Wildman–Crippen MR) is 107 cm³/mol. The molecule has 0 unspecified atom stereocenters. The summed E-state index contributed by atoms with van der Waals surface area (Å²) in [5.41, 5.74) is 0.823. The Bertz CT molecular complexity index is 679. The number of halogens is 1. The molecule has 0 saturated carbocycles. The monoisotopic (exact) mass is 389 g/mol. The molecule has 5 nitrogen and oxygen atoms in total. The van der Waals surface area contributed by atoms with Crippen molar-refractivity contribution >= 4 is 29.1 Å². The lowest BCUT2D eigenvalue weighted by atomic mass is 9.98. The summed E-state index contributed by atoms with van der Waals surface area (Å²) in [6.45, 7) is 4.57. The molecule has 0 aromatic heterocycles. The Morgan fingerprint density at radius 3 is 2.22 bits per heavy atom. The van der Waals surface area contributed by atoms with Crippen molar-refractivity contribution in [1.29, 1.82) is 0 Å². The van der Waals surface area contributed by atoms with Crippen LogP contribution in [0.25, 0.3) is 0 Å². The van der Waals surface area contributed by atoms with E-state index in [-0.39, 0.29) is 11.8 Å². The van der Waals surface area contributed by atoms with E-state index in [1.807, 2.05) is 17.0 Å². The SMILES string of the molecule is O=C([C@@H]1CCN(c2ccc(Cl)cc2)C1=O)N1CCC(N2CCCCC2)CC1. The van der Waals surface area contributed by atoms with E-state index in [0.717, 1.165) is 31.6 Å². The number of amides is 2. The van der Waals surface area contributed by atoms with E-state index in [1.54, 1.807) is 17.0 Å². The largest absolute Gasteiger partial charge is 0.342 e. The van der Waals surface area contributed by atoms with E-state index >= 15 is 0 Å². The van der Waals surface area contributed by atoms with Gasteiger partial charge >= 0.3 is 0 Å². The average Bonchev–Trinajstić information content (AvgIpc) is 3.10. The molecule has 6 heteroatoms. The molecule has 1 atom stereocenters. The van der Waals surface area contributed by atoms with Gasteiger partial charge in [0.25, 0.3) is 0 Å². The molecule has 1 aromatic carbocycles. The van der Waals surface area contributed by atoms with Crippen molar-refractivity contribution in [2.75, 3.05) is 37.6 Å². The summed E-state index contributed by atoms with van der Waals surface area (Å²) < 4.78 is 0. The van der Waals surface area contributed by atoms with Crippen LogP contribution >= 0.6 is 11.6 Å². The number of rotatable bonds is 3. The number of carbonyl (C=O) groups is 2. The van der Waals surface area contributed by atoms with Crippen LogP contribution in [0.2, 0.25) is 5.02 Å². The van der Waals surface area contributed by atoms with Crippen molar-refractivity contribution < 1.29 is 9.59 Å². The normalized spacial score (nSPS) is 25.2. The average molecular weight is 390 g/mol. The van der Waals surface area contributed by atoms with Crippen molar-refractivity contribution in [3.8, 4) is 0 Å². The molecule has 3 saturated heterocycles. The summed E-state index contributed by atoms with van der Waals surface area (Å²) in [7, 11) is 0. The Morgan fingerprint density at radius 2 is 1.56 bits per heavy atom. The second kappa shape index (κ2) is 8.19. The summed E-state index contributed by atoms with van der Waals surface area (Å²) in [6, 6.07) is 7.86. The van der Waals surface area contributed by atoms with E-state index in [2.05, 4.69) is 4.90 Å². The van der Waals surface area contributed by atoms with Gasteiger partial charge in [-0.3, -0.25) is 9.59 Å². The fraction of sp³-hybridized carbons (Fsp3) is 0.619. The number of benzene rings is 1. The highest BCUT2D eigenvalue weighted by atomic mass is 35.5. The van der Waals surface area contributed by atoms with Gasteiger partial charge in [0, 0.05) is 36.4 Å². The Kier molecular flexibility index (Phi) is 5.69. The zero-order valence-electron chi connectivity index (χ0n) is 15.8. The van der Waals surface area contributed by atoms with Crippen LogP contribution in [-0.4, -0.2) is 60.4 Å². The Labute approximate surface area is 166 Å². The van der Waals surface area contributed by atoms with Gasteiger partial charge < -0.3 is 14.7 Å². The third-order valence-corrected chi connectivity index (χ3v) is 6.58. The summed E-state index contributed by atoms with van der Waals surface area (Å²) in [5, 5.41) is 0.648. The van der Waals surface area contributed by atoms with Gasteiger partial charge in [-0.1, -0.05) is 18.0 Å². The third-order valence-electron chi connectivity index (χ3n) is 6.33. The summed E-state index contributed by atoms with van der Waals surface area (Å²) in [5.74, 6) is -0.568. The number of anilines is 1. The van der Waals surface area contributed by atoms with Crippen LogP contribution in [0.3, 0.4) is 0 Å². The first-order chi connectivity index (χ1) is 13.1. The van der Waals surface area contributed by atoms with Crippen LogP contribution in [0.1, 0.15) is 38.5 Å². The molecule has 0 N–H and O–H groups in total. The molecule has 3 heterocycles. The topological polar surface area (TPSA) is 43.9 Å². The molecule has 27 heavy (non-hydrogen) atoms. The Hall–Kier alpha value is -1.59. The number of hydrogen-bond donors (Lipinski definition) is 0. The van der Waals surface area contributed by atoms with Gasteiger partial charge in [0.1, 0.15) is 5.92 Å². The maximum Gasteiger partial charge on any atom is 0.239 e. The molecule has 3 aliphatic rings. The van der Waals surface area contributed by atoms with Crippen LogP contribution in [0.4, 0.5) is 5.69 Å². The van der Waals surface area contributed by atoms with Gasteiger partial charge in [-0.05, 0) is 69.5 Å². The highest BCUT2D eigenvalue weighted by molar-refractivity contribution is 6.30. The van der Waals surface area contributed by atoms with E-state index < -0.39 is 5.92 Å². The minimum Gasteiger partial charge on any atom is -0.342 e. The van der Waals surface area contributed by atoms with Crippen molar-refractivity contribution in [2.24, 2.45) is 5.92 Å². The quantitative estimate of drug-likeness (QED) is 0.746. The minimum atomic E-state index is -0.521. The van der Waals surface area contributed by atoms with Crippen LogP contribution in [-0.2, 0) is 9.59 Å². The molecule has 0 aliphatic carbocycles. The molecular formula is C21H28ClN3O2. The molecule has 3 aliphatic heterocycles. The highest BCUT2D eigenvalue weighted by Gasteiger charge is 2.40. The van der Waals surface area contributed by atoms with Crippen molar-refractivity contribution in [1.82, 2.24) is 9.80 Å². The predicted octanol–water partition coefficient (Wildman–Crippen LogP) is 3.17. The van der Waals surface area contributed by atoms with Crippen molar-refractivity contribution in [2.45, 2.75) is 44.6 Å². The number of carbonyl (C=O) groups excluding carboxylic acids is 2. The van der Waals surface area contributed by atoms with Crippen LogP contribution in [0.15, 0.2) is 24.3 Å². The lowest BCUT2D eigenvalue weighted by Crippen LogP contribution is -2.50. The Balaban J connectivity index is 1.33. The van der Waals surface area contributed by atoms with Crippen molar-refractivity contribution in [3.05, 3.63) is 29.3 Å². The lowest BCUT2D eigenvalue weighted by molar-refractivity contribution is -0.141. The molecule has 0 radical (unpaired) electrons. The third kappa shape index (κ3) is 3.99. The number of hydrogen-bond acceptors (Lipinski definition) is 3. The molecule has 146 valence electrons. The van der Waals surface area contributed by atoms with E-state index in [1.165, 1.54) is 32.4 Å². The van der Waals surface area contributed by atoms with Crippen molar-refractivity contribution in [3.63, 3.8) is 0 Å². The highest BCUT2D eigenvalue weighted by Crippen LogP contribution is 2.29. The van der Waals surface area contributed by atoms with E-state index in [4.69, 9.17) is 11.6 Å². The van der Waals surface area contributed by atoms with Crippen LogP contribution in [0.5, 0.6) is 0 Å². The van der Waals surface area contributed by atoms with Gasteiger partial charge in [-0.2, -0.15) is 0 Å². The number of nitrogens with zero attached hydrogens (tertiary/aromatic N) is 3. The van der Waals surface area contributed by atoms with E-state index in [9.17, 15) is 9.59 Å². The van der Waals surface area contributed by atoms with Gasteiger partial charge in [0.2, 0.25) is 11.8 Å². The van der Waals surface area contributed by atoms with Crippen LogP contribution < -0.4 is 4.90 Å². The summed E-state index contributed by atoms with van der Waals surface area (Å²) in [6.07, 6.45) is 6.63. The van der Waals surface area contributed by atoms with Gasteiger partial charge in [-0.15, -0.1) is 0 Å². The zero-order valence-corrected chi connectivity index (χ0v) is 16.5. The molecule has 0 bridgehead atoms. The smallest absolute Gasteiger partial charge is 0.239 e. The van der Waals surface area contributed by atoms with E-state index in [0.29, 0.717) is 24.0 Å². The molecule has 3 fully saturated rings. The Morgan fingerprint density at radius 1 is 0.889 bits per heavy atom. The molecule has 0 spiro atoms. The second-order valence-electron chi connectivity index (χ2n) is 7.96. The van der Waals surface area contributed by atoms with Crippen LogP contribution in [0, 0.1) is 5.92 Å². The first-order valence-corrected chi connectivity index (χ1v) is 10.6. The summed E-state index contributed by atoms with van der Waals surface area (Å²) in [4.78, 5) is 32.0. The fourth-order valence-electron chi connectivity index (χ4n) is 4.74.